The number of methoxy groups -OCH3 is 2. The molecule has 1 aromatic carbocycles. The maximum Gasteiger partial charge on any atom is 0.163 e. The fourth-order valence-corrected chi connectivity index (χ4v) is 2.83. The second-order valence-electron chi connectivity index (χ2n) is 5.24. The van der Waals surface area contributed by atoms with Crippen LogP contribution in [0.3, 0.4) is 0 Å². The molecule has 0 bridgehead atoms. The molecule has 0 aliphatic rings. The first-order valence-corrected chi connectivity index (χ1v) is 7.69. The predicted molar refractivity (Wildman–Crippen MR) is 86.4 cm³/mol. The first-order chi connectivity index (χ1) is 10.7. The number of hydrogen-bond acceptors (Lipinski definition) is 4. The summed E-state index contributed by atoms with van der Waals surface area (Å²) < 4.78 is 12.9. The van der Waals surface area contributed by atoms with Gasteiger partial charge in [-0.05, 0) is 12.8 Å². The topological polar surface area (TPSA) is 60.1 Å². The summed E-state index contributed by atoms with van der Waals surface area (Å²) in [5, 5.41) is 8.94. The fourth-order valence-electron chi connectivity index (χ4n) is 2.83. The number of fused-ring (bicyclic) bond motifs is 1. The molecular weight excluding hydrogens is 278 g/mol. The van der Waals surface area contributed by atoms with Crippen molar-refractivity contribution in [2.75, 3.05) is 14.2 Å². The van der Waals surface area contributed by atoms with E-state index in [0.717, 1.165) is 29.7 Å². The van der Waals surface area contributed by atoms with Crippen molar-refractivity contribution >= 4 is 11.0 Å². The highest BCUT2D eigenvalue weighted by Gasteiger charge is 2.19. The molecule has 0 aliphatic heterocycles. The van der Waals surface area contributed by atoms with Gasteiger partial charge in [-0.1, -0.05) is 13.8 Å². The number of aryl methyl sites for hydroxylation is 1. The van der Waals surface area contributed by atoms with Crippen LogP contribution in [0.1, 0.15) is 44.9 Å². The number of imidazole rings is 1. The van der Waals surface area contributed by atoms with E-state index in [1.165, 1.54) is 0 Å². The third kappa shape index (κ3) is 2.87. The number of rotatable bonds is 7. The van der Waals surface area contributed by atoms with Crippen LogP contribution in [0.4, 0.5) is 0 Å². The zero-order valence-electron chi connectivity index (χ0n) is 13.7. The van der Waals surface area contributed by atoms with Crippen molar-refractivity contribution in [3.05, 3.63) is 18.0 Å². The zero-order chi connectivity index (χ0) is 16.1. The number of benzene rings is 1. The van der Waals surface area contributed by atoms with Gasteiger partial charge in [0, 0.05) is 24.6 Å². The summed E-state index contributed by atoms with van der Waals surface area (Å²) in [6.45, 7) is 4.99. The Morgan fingerprint density at radius 1 is 1.18 bits per heavy atom. The number of nitrogens with zero attached hydrogens (tertiary/aromatic N) is 3. The third-order valence-electron chi connectivity index (χ3n) is 4.08. The van der Waals surface area contributed by atoms with Gasteiger partial charge in [-0.3, -0.25) is 0 Å². The van der Waals surface area contributed by atoms with Crippen LogP contribution in [0.2, 0.25) is 0 Å². The highest BCUT2D eigenvalue weighted by atomic mass is 16.5. The van der Waals surface area contributed by atoms with Crippen molar-refractivity contribution < 1.29 is 9.47 Å². The van der Waals surface area contributed by atoms with Crippen LogP contribution in [0.25, 0.3) is 11.0 Å². The zero-order valence-corrected chi connectivity index (χ0v) is 13.7. The lowest BCUT2D eigenvalue weighted by Crippen LogP contribution is -2.08. The van der Waals surface area contributed by atoms with Crippen LogP contribution >= 0.6 is 0 Å². The molecule has 5 heteroatoms. The Bertz CT molecular complexity index is 681. The van der Waals surface area contributed by atoms with Crippen LogP contribution in [-0.2, 0) is 6.54 Å². The van der Waals surface area contributed by atoms with Crippen molar-refractivity contribution in [3.8, 4) is 17.6 Å². The molecule has 118 valence electrons. The fraction of sp³-hybridized carbons (Fsp3) is 0.529. The van der Waals surface area contributed by atoms with Gasteiger partial charge >= 0.3 is 0 Å². The van der Waals surface area contributed by atoms with Crippen LogP contribution in [-0.4, -0.2) is 23.8 Å². The van der Waals surface area contributed by atoms with Gasteiger partial charge in [-0.15, -0.1) is 0 Å². The summed E-state index contributed by atoms with van der Waals surface area (Å²) in [5.41, 5.74) is 1.88. The second kappa shape index (κ2) is 7.17. The van der Waals surface area contributed by atoms with Crippen LogP contribution in [0.5, 0.6) is 11.5 Å². The van der Waals surface area contributed by atoms with Crippen molar-refractivity contribution in [1.29, 1.82) is 5.26 Å². The van der Waals surface area contributed by atoms with Gasteiger partial charge in [0.05, 0.1) is 37.7 Å². The largest absolute Gasteiger partial charge is 0.493 e. The summed E-state index contributed by atoms with van der Waals surface area (Å²) in [4.78, 5) is 4.81. The molecule has 1 heterocycles. The number of nitriles is 1. The van der Waals surface area contributed by atoms with Crippen LogP contribution in [0, 0.1) is 11.3 Å². The van der Waals surface area contributed by atoms with E-state index in [-0.39, 0.29) is 0 Å². The molecule has 0 saturated carbocycles. The van der Waals surface area contributed by atoms with E-state index in [2.05, 4.69) is 24.5 Å². The molecule has 2 rings (SSSR count). The molecule has 0 atom stereocenters. The Hall–Kier alpha value is -2.22. The SMILES string of the molecule is CCC(CC)c1nc2cc(OC)c(OC)cc2n1CCC#N. The molecule has 0 saturated heterocycles. The molecule has 5 nitrogen and oxygen atoms in total. The molecule has 0 N–H and O–H groups in total. The normalized spacial score (nSPS) is 10.9. The lowest BCUT2D eigenvalue weighted by atomic mass is 10.0. The monoisotopic (exact) mass is 301 g/mol. The van der Waals surface area contributed by atoms with Crippen molar-refractivity contribution in [2.24, 2.45) is 0 Å². The minimum atomic E-state index is 0.392. The molecule has 1 aromatic heterocycles. The average molecular weight is 301 g/mol. The molecule has 0 fully saturated rings. The Labute approximate surface area is 131 Å². The van der Waals surface area contributed by atoms with E-state index in [1.54, 1.807) is 14.2 Å². The minimum Gasteiger partial charge on any atom is -0.493 e. The van der Waals surface area contributed by atoms with E-state index >= 15 is 0 Å². The molecule has 0 aliphatic carbocycles. The highest BCUT2D eigenvalue weighted by Crippen LogP contribution is 2.34. The van der Waals surface area contributed by atoms with Gasteiger partial charge in [0.2, 0.25) is 0 Å². The van der Waals surface area contributed by atoms with Gasteiger partial charge in [0.25, 0.3) is 0 Å². The molecule has 2 aromatic rings. The number of ether oxygens (including phenoxy) is 2. The Morgan fingerprint density at radius 3 is 2.36 bits per heavy atom. The molecular formula is C17H23N3O2. The Balaban J connectivity index is 2.65. The van der Waals surface area contributed by atoms with Crippen molar-refractivity contribution in [2.45, 2.75) is 45.6 Å². The van der Waals surface area contributed by atoms with Crippen LogP contribution < -0.4 is 9.47 Å². The number of hydrogen-bond donors (Lipinski definition) is 0. The standard InChI is InChI=1S/C17H23N3O2/c1-5-12(6-2)17-19-13-10-15(21-3)16(22-4)11-14(13)20(17)9-7-8-18/h10-12H,5-7,9H2,1-4H3. The average Bonchev–Trinajstić information content (AvgIpc) is 2.90. The highest BCUT2D eigenvalue weighted by molar-refractivity contribution is 5.80. The molecule has 0 amide bonds. The van der Waals surface area contributed by atoms with Gasteiger partial charge in [-0.25, -0.2) is 4.98 Å². The van der Waals surface area contributed by atoms with Crippen LogP contribution in [0.15, 0.2) is 12.1 Å². The Morgan fingerprint density at radius 2 is 1.82 bits per heavy atom. The summed E-state index contributed by atoms with van der Waals surface area (Å²) in [6.07, 6.45) is 2.52. The quantitative estimate of drug-likeness (QED) is 0.779. The summed E-state index contributed by atoms with van der Waals surface area (Å²) in [5.74, 6) is 2.80. The van der Waals surface area contributed by atoms with Gasteiger partial charge in [-0.2, -0.15) is 5.26 Å². The van der Waals surface area contributed by atoms with E-state index in [4.69, 9.17) is 19.7 Å². The van der Waals surface area contributed by atoms with E-state index in [1.807, 2.05) is 12.1 Å². The first-order valence-electron chi connectivity index (χ1n) is 7.69. The maximum absolute atomic E-state index is 8.94. The van der Waals surface area contributed by atoms with Gasteiger partial charge in [0.15, 0.2) is 11.5 Å². The molecule has 0 spiro atoms. The van der Waals surface area contributed by atoms with Crippen molar-refractivity contribution in [1.82, 2.24) is 9.55 Å². The van der Waals surface area contributed by atoms with Crippen molar-refractivity contribution in [3.63, 3.8) is 0 Å². The van der Waals surface area contributed by atoms with E-state index in [0.29, 0.717) is 30.4 Å². The summed E-state index contributed by atoms with van der Waals surface area (Å²) in [6, 6.07) is 6.07. The van der Waals surface area contributed by atoms with Gasteiger partial charge < -0.3 is 14.0 Å². The third-order valence-corrected chi connectivity index (χ3v) is 4.08. The van der Waals surface area contributed by atoms with Gasteiger partial charge in [0.1, 0.15) is 5.82 Å². The predicted octanol–water partition coefficient (Wildman–Crippen LogP) is 3.87. The van der Waals surface area contributed by atoms with E-state index in [9.17, 15) is 0 Å². The summed E-state index contributed by atoms with van der Waals surface area (Å²) >= 11 is 0. The summed E-state index contributed by atoms with van der Waals surface area (Å²) in [7, 11) is 3.25. The molecule has 22 heavy (non-hydrogen) atoms. The minimum absolute atomic E-state index is 0.392. The first kappa shape index (κ1) is 16.2. The van der Waals surface area contributed by atoms with E-state index < -0.39 is 0 Å². The molecule has 0 unspecified atom stereocenters. The smallest absolute Gasteiger partial charge is 0.163 e. The second-order valence-corrected chi connectivity index (χ2v) is 5.24. The number of aromatic nitrogens is 2. The lowest BCUT2D eigenvalue weighted by molar-refractivity contribution is 0.355. The maximum atomic E-state index is 8.94. The Kier molecular flexibility index (Phi) is 5.26. The molecule has 0 radical (unpaired) electrons. The lowest BCUT2D eigenvalue weighted by Gasteiger charge is -2.14.